The van der Waals surface area contributed by atoms with Gasteiger partial charge in [-0.2, -0.15) is 0 Å². The van der Waals surface area contributed by atoms with Gasteiger partial charge >= 0.3 is 35.8 Å². The van der Waals surface area contributed by atoms with Gasteiger partial charge in [-0.15, -0.1) is 11.3 Å². The number of ketones is 1. The predicted molar refractivity (Wildman–Crippen MR) is 301 cm³/mol. The molecule has 0 atom stereocenters. The van der Waals surface area contributed by atoms with Crippen LogP contribution >= 0.6 is 22.9 Å². The molecule has 1 aromatic heterocycles. The van der Waals surface area contributed by atoms with E-state index in [9.17, 15) is 33.6 Å². The Balaban J connectivity index is 1.04. The average molecular weight is 1120 g/mol. The zero-order chi connectivity index (χ0) is 57.6. The molecule has 0 spiro atoms. The van der Waals surface area contributed by atoms with Crippen LogP contribution < -0.4 is 23.7 Å². The number of carbonyl (C=O) groups is 7. The van der Waals surface area contributed by atoms with Gasteiger partial charge in [0.05, 0.1) is 55.8 Å². The summed E-state index contributed by atoms with van der Waals surface area (Å²) < 4.78 is 44.4. The Bertz CT molecular complexity index is 3410. The van der Waals surface area contributed by atoms with Crippen LogP contribution in [0.25, 0.3) is 6.08 Å². The lowest BCUT2D eigenvalue weighted by Crippen LogP contribution is -2.26. The summed E-state index contributed by atoms with van der Waals surface area (Å²) in [5, 5.41) is 0. The Labute approximate surface area is 471 Å². The zero-order valence-corrected chi connectivity index (χ0v) is 46.5. The molecule has 0 aliphatic heterocycles. The van der Waals surface area contributed by atoms with Crippen molar-refractivity contribution in [2.24, 2.45) is 5.41 Å². The van der Waals surface area contributed by atoms with Crippen LogP contribution in [0.2, 0.25) is 4.34 Å². The Morgan fingerprint density at radius 2 is 0.912 bits per heavy atom. The number of rotatable bonds is 22. The number of ether oxygens (including phenoxy) is 8. The maximum absolute atomic E-state index is 13.8. The number of halogens is 1. The normalized spacial score (nSPS) is 11.4. The van der Waals surface area contributed by atoms with Gasteiger partial charge in [0, 0.05) is 25.3 Å². The first-order valence-electron chi connectivity index (χ1n) is 25.1. The van der Waals surface area contributed by atoms with Gasteiger partial charge in [-0.1, -0.05) is 58.4 Å². The maximum Gasteiger partial charge on any atom is 0.343 e. The second-order valence-electron chi connectivity index (χ2n) is 20.0. The van der Waals surface area contributed by atoms with E-state index in [4.69, 9.17) is 49.5 Å². The third-order valence-corrected chi connectivity index (χ3v) is 13.3. The summed E-state index contributed by atoms with van der Waals surface area (Å²) in [5.74, 6) is -3.71. The molecule has 0 bridgehead atoms. The Morgan fingerprint density at radius 3 is 1.39 bits per heavy atom. The zero-order valence-electron chi connectivity index (χ0n) is 45.0. The molecule has 0 aliphatic carbocycles. The number of hydrogen-bond acceptors (Lipinski definition) is 16. The fourth-order valence-corrected chi connectivity index (χ4v) is 9.37. The lowest BCUT2D eigenvalue weighted by atomic mass is 9.72. The molecule has 7 rings (SSSR count). The smallest absolute Gasteiger partial charge is 0.343 e. The first-order valence-corrected chi connectivity index (χ1v) is 26.3. The van der Waals surface area contributed by atoms with E-state index in [0.717, 1.165) is 16.9 Å². The highest BCUT2D eigenvalue weighted by atomic mass is 35.5. The van der Waals surface area contributed by atoms with E-state index in [1.807, 2.05) is 26.0 Å². The summed E-state index contributed by atoms with van der Waals surface area (Å²) in [6.07, 6.45) is 4.03. The number of esters is 6. The van der Waals surface area contributed by atoms with E-state index in [1.54, 1.807) is 43.5 Å². The quantitative estimate of drug-likeness (QED) is 0.0204. The van der Waals surface area contributed by atoms with Gasteiger partial charge in [0.15, 0.2) is 5.78 Å². The molecule has 0 radical (unpaired) electrons. The van der Waals surface area contributed by atoms with Crippen LogP contribution in [-0.2, 0) is 26.0 Å². The molecule has 7 aromatic rings. The summed E-state index contributed by atoms with van der Waals surface area (Å²) in [6, 6.07) is 36.3. The third kappa shape index (κ3) is 16.5. The van der Waals surface area contributed by atoms with E-state index >= 15 is 0 Å². The summed E-state index contributed by atoms with van der Waals surface area (Å²) in [7, 11) is 3.12. The van der Waals surface area contributed by atoms with Gasteiger partial charge in [0.1, 0.15) is 35.4 Å². The summed E-state index contributed by atoms with van der Waals surface area (Å²) >= 11 is 7.16. The second-order valence-corrected chi connectivity index (χ2v) is 21.7. The van der Waals surface area contributed by atoms with Crippen molar-refractivity contribution in [3.8, 4) is 28.7 Å². The van der Waals surface area contributed by atoms with E-state index in [1.165, 1.54) is 116 Å². The average Bonchev–Trinajstić information content (AvgIpc) is 3.91. The van der Waals surface area contributed by atoms with Crippen LogP contribution in [-0.4, -0.2) is 75.6 Å². The van der Waals surface area contributed by atoms with Crippen molar-refractivity contribution in [2.45, 2.75) is 52.9 Å². The van der Waals surface area contributed by atoms with Gasteiger partial charge in [-0.05, 0) is 175 Å². The fourth-order valence-electron chi connectivity index (χ4n) is 8.41. The van der Waals surface area contributed by atoms with Crippen molar-refractivity contribution >= 4 is 70.6 Å². The third-order valence-electron chi connectivity index (χ3n) is 12.0. The van der Waals surface area contributed by atoms with Crippen LogP contribution in [0, 0.1) is 5.41 Å². The second kappa shape index (κ2) is 26.9. The van der Waals surface area contributed by atoms with Crippen LogP contribution in [0.5, 0.6) is 28.7 Å². The molecular formula is C63H57ClO15S. The predicted octanol–water partition coefficient (Wildman–Crippen LogP) is 13.1. The Kier molecular flexibility index (Phi) is 19.9. The van der Waals surface area contributed by atoms with Crippen LogP contribution in [0.15, 0.2) is 152 Å². The van der Waals surface area contributed by atoms with Gasteiger partial charge < -0.3 is 37.9 Å². The van der Waals surface area contributed by atoms with E-state index < -0.39 is 41.2 Å². The number of benzene rings is 6. The number of allylic oxidation sites excluding steroid dienone is 1. The molecule has 15 nitrogen and oxygen atoms in total. The minimum Gasteiger partial charge on any atom is -0.460 e. The lowest BCUT2D eigenvalue weighted by molar-refractivity contribution is 0.0387. The molecule has 0 saturated heterocycles. The molecule has 0 fully saturated rings. The summed E-state index contributed by atoms with van der Waals surface area (Å²) in [6.45, 7) is 11.1. The maximum atomic E-state index is 13.8. The molecule has 80 heavy (non-hydrogen) atoms. The van der Waals surface area contributed by atoms with E-state index in [0.29, 0.717) is 40.0 Å². The fraction of sp³-hybridized carbons (Fsp3) is 0.222. The summed E-state index contributed by atoms with van der Waals surface area (Å²) in [5.41, 5.74) is 2.00. The standard InChI is InChI=1S/C63H57ClO15S/c1-62(2,3)38-63(4,5)50-37-49(77-59(69)42-12-10-40(11-13-42)56(66)74-35-34-73-7)26-29-53(50)79-61(71)45-20-18-44(19-21-45)60(70)78-52-28-25-48(36-46(52)22-27-51(65)54-30-31-55(64)80-54)76-58(68)43-16-14-41(15-17-43)57(67)75-47-23-8-39(9-24-47)32-33-72-6/h8-31,36-37H,32-35,38H2,1-7H3/b27-22+. The van der Waals surface area contributed by atoms with E-state index in [2.05, 4.69) is 20.8 Å². The van der Waals surface area contributed by atoms with Gasteiger partial charge in [0.2, 0.25) is 0 Å². The molecule has 0 amide bonds. The molecular weight excluding hydrogens is 1060 g/mol. The SMILES string of the molecule is COCCOC(=O)c1ccc(C(=O)Oc2ccc(OC(=O)c3ccc(C(=O)Oc4ccc(OC(=O)c5ccc(C(=O)Oc6ccc(CCOC)cc6)cc5)cc4/C=C/C(=O)c4ccc(Cl)s4)cc3)c(C(C)(C)CC(C)(C)C)c2)cc1. The van der Waals surface area contributed by atoms with Gasteiger partial charge in [-0.3, -0.25) is 4.79 Å². The minimum atomic E-state index is -0.814. The Morgan fingerprint density at radius 1 is 0.475 bits per heavy atom. The van der Waals surface area contributed by atoms with Crippen LogP contribution in [0.4, 0.5) is 0 Å². The first-order chi connectivity index (χ1) is 38.2. The van der Waals surface area contributed by atoms with Crippen molar-refractivity contribution in [1.82, 2.24) is 0 Å². The van der Waals surface area contributed by atoms with Crippen LogP contribution in [0.3, 0.4) is 0 Å². The van der Waals surface area contributed by atoms with Crippen molar-refractivity contribution in [2.75, 3.05) is 34.0 Å². The molecule has 0 aliphatic rings. The monoisotopic (exact) mass is 1120 g/mol. The van der Waals surface area contributed by atoms with Crippen molar-refractivity contribution in [1.29, 1.82) is 0 Å². The highest BCUT2D eigenvalue weighted by Crippen LogP contribution is 2.42. The molecule has 1 heterocycles. The Hall–Kier alpha value is -8.54. The van der Waals surface area contributed by atoms with Gasteiger partial charge in [0.25, 0.3) is 0 Å². The van der Waals surface area contributed by atoms with Crippen molar-refractivity contribution in [3.05, 3.63) is 211 Å². The van der Waals surface area contributed by atoms with Crippen molar-refractivity contribution < 1.29 is 71.5 Å². The summed E-state index contributed by atoms with van der Waals surface area (Å²) in [4.78, 5) is 92.8. The topological polar surface area (TPSA) is 193 Å². The number of carbonyl (C=O) groups excluding carboxylic acids is 7. The van der Waals surface area contributed by atoms with Crippen molar-refractivity contribution in [3.63, 3.8) is 0 Å². The highest BCUT2D eigenvalue weighted by Gasteiger charge is 2.32. The lowest BCUT2D eigenvalue weighted by Gasteiger charge is -2.34. The van der Waals surface area contributed by atoms with Crippen LogP contribution in [0.1, 0.15) is 130 Å². The first kappa shape index (κ1) is 59.1. The molecule has 0 saturated carbocycles. The number of methoxy groups -OCH3 is 2. The minimum absolute atomic E-state index is 0.00692. The molecule has 17 heteroatoms. The highest BCUT2D eigenvalue weighted by molar-refractivity contribution is 7.18. The van der Waals surface area contributed by atoms with Gasteiger partial charge in [-0.25, -0.2) is 28.8 Å². The number of hydrogen-bond donors (Lipinski definition) is 0. The largest absolute Gasteiger partial charge is 0.460 e. The molecule has 0 unspecified atom stereocenters. The molecule has 0 N–H and O–H groups in total. The molecule has 412 valence electrons. The molecule has 6 aromatic carbocycles. The number of thiophene rings is 1. The van der Waals surface area contributed by atoms with E-state index in [-0.39, 0.29) is 86.4 Å².